The summed E-state index contributed by atoms with van der Waals surface area (Å²) >= 11 is 0. The van der Waals surface area contributed by atoms with Gasteiger partial charge in [-0.1, -0.05) is 30.3 Å². The highest BCUT2D eigenvalue weighted by Crippen LogP contribution is 2.60. The van der Waals surface area contributed by atoms with E-state index in [-0.39, 0.29) is 0 Å². The minimum absolute atomic E-state index is 0.442. The lowest BCUT2D eigenvalue weighted by molar-refractivity contribution is -0.113. The number of hydrogen-bond acceptors (Lipinski definition) is 2. The topological polar surface area (TPSA) is 63.3 Å². The zero-order chi connectivity index (χ0) is 19.3. The summed E-state index contributed by atoms with van der Waals surface area (Å²) in [6.45, 7) is 0. The fraction of sp³-hybridized carbons (Fsp3) is 0.400. The summed E-state index contributed by atoms with van der Waals surface area (Å²) in [5, 5.41) is 10.7. The first-order valence-corrected chi connectivity index (χ1v) is 10.5. The third-order valence-corrected chi connectivity index (χ3v) is 7.30. The van der Waals surface area contributed by atoms with Crippen molar-refractivity contribution in [3.8, 4) is 16.9 Å². The van der Waals surface area contributed by atoms with Crippen LogP contribution in [-0.2, 0) is 4.79 Å². The summed E-state index contributed by atoms with van der Waals surface area (Å²) in [7, 11) is 0. The maximum absolute atomic E-state index is 10.9. The lowest BCUT2D eigenvalue weighted by atomic mass is 9.50. The SMILES string of the molecule is NC(=O)/C=C/c1ccc(-c2ccc(O)c(C3C4CC5CC(C4)CC3C5)c2)cc1. The molecule has 2 aromatic rings. The van der Waals surface area contributed by atoms with Gasteiger partial charge < -0.3 is 10.8 Å². The van der Waals surface area contributed by atoms with Gasteiger partial charge >= 0.3 is 0 Å². The van der Waals surface area contributed by atoms with Crippen molar-refractivity contribution in [2.24, 2.45) is 29.4 Å². The van der Waals surface area contributed by atoms with Gasteiger partial charge in [0.25, 0.3) is 0 Å². The Labute approximate surface area is 166 Å². The maximum Gasteiger partial charge on any atom is 0.241 e. The average Bonchev–Trinajstić information content (AvgIpc) is 2.67. The van der Waals surface area contributed by atoms with Gasteiger partial charge in [0.15, 0.2) is 0 Å². The summed E-state index contributed by atoms with van der Waals surface area (Å²) in [6, 6.07) is 14.2. The maximum atomic E-state index is 10.9. The number of aromatic hydroxyl groups is 1. The van der Waals surface area contributed by atoms with E-state index in [0.29, 0.717) is 11.7 Å². The molecule has 0 atom stereocenters. The normalized spacial score (nSPS) is 30.8. The van der Waals surface area contributed by atoms with E-state index in [1.165, 1.54) is 38.2 Å². The first-order valence-electron chi connectivity index (χ1n) is 10.5. The first kappa shape index (κ1) is 17.5. The van der Waals surface area contributed by atoms with E-state index in [2.05, 4.69) is 18.2 Å². The van der Waals surface area contributed by atoms with Crippen LogP contribution in [0.15, 0.2) is 48.5 Å². The second-order valence-corrected chi connectivity index (χ2v) is 9.09. The highest BCUT2D eigenvalue weighted by atomic mass is 16.3. The highest BCUT2D eigenvalue weighted by Gasteiger charge is 2.49. The van der Waals surface area contributed by atoms with Gasteiger partial charge in [-0.05, 0) is 102 Å². The number of amides is 1. The molecule has 0 spiro atoms. The van der Waals surface area contributed by atoms with E-state index >= 15 is 0 Å². The van der Waals surface area contributed by atoms with E-state index < -0.39 is 5.91 Å². The lowest BCUT2D eigenvalue weighted by Gasteiger charge is -2.54. The smallest absolute Gasteiger partial charge is 0.241 e. The molecule has 0 heterocycles. The van der Waals surface area contributed by atoms with E-state index in [1.54, 1.807) is 6.08 Å². The molecule has 3 heteroatoms. The molecule has 4 aliphatic carbocycles. The minimum atomic E-state index is -0.442. The van der Waals surface area contributed by atoms with Crippen LogP contribution >= 0.6 is 0 Å². The van der Waals surface area contributed by atoms with Crippen molar-refractivity contribution in [1.29, 1.82) is 0 Å². The molecule has 1 amide bonds. The van der Waals surface area contributed by atoms with E-state index in [4.69, 9.17) is 5.73 Å². The molecule has 4 fully saturated rings. The monoisotopic (exact) mass is 373 g/mol. The Bertz CT molecular complexity index is 900. The molecule has 6 rings (SSSR count). The van der Waals surface area contributed by atoms with Crippen LogP contribution in [0.5, 0.6) is 5.75 Å². The lowest BCUT2D eigenvalue weighted by Crippen LogP contribution is -2.43. The molecule has 144 valence electrons. The molecule has 4 saturated carbocycles. The number of benzene rings is 2. The summed E-state index contributed by atoms with van der Waals surface area (Å²) in [6.07, 6.45) is 9.94. The Hall–Kier alpha value is -2.55. The molecular formula is C25H27NO2. The van der Waals surface area contributed by atoms with Crippen LogP contribution in [0.25, 0.3) is 17.2 Å². The zero-order valence-electron chi connectivity index (χ0n) is 16.1. The number of carbonyl (C=O) groups is 1. The fourth-order valence-electron chi connectivity index (χ4n) is 6.40. The van der Waals surface area contributed by atoms with Crippen molar-refractivity contribution >= 4 is 12.0 Å². The van der Waals surface area contributed by atoms with E-state index in [1.807, 2.05) is 24.3 Å². The fourth-order valence-corrected chi connectivity index (χ4v) is 6.40. The molecule has 2 aromatic carbocycles. The number of primary amides is 1. The predicted molar refractivity (Wildman–Crippen MR) is 112 cm³/mol. The van der Waals surface area contributed by atoms with Crippen LogP contribution in [0.3, 0.4) is 0 Å². The van der Waals surface area contributed by atoms with Gasteiger partial charge in [0, 0.05) is 6.08 Å². The minimum Gasteiger partial charge on any atom is -0.508 e. The van der Waals surface area contributed by atoms with Crippen molar-refractivity contribution in [1.82, 2.24) is 0 Å². The van der Waals surface area contributed by atoms with E-state index in [9.17, 15) is 9.90 Å². The van der Waals surface area contributed by atoms with Gasteiger partial charge in [0.05, 0.1) is 0 Å². The summed E-state index contributed by atoms with van der Waals surface area (Å²) in [4.78, 5) is 10.9. The molecular weight excluding hydrogens is 346 g/mol. The van der Waals surface area contributed by atoms with Crippen LogP contribution in [0.1, 0.15) is 49.1 Å². The second-order valence-electron chi connectivity index (χ2n) is 9.09. The molecule has 4 bridgehead atoms. The third-order valence-electron chi connectivity index (χ3n) is 7.30. The van der Waals surface area contributed by atoms with Crippen LogP contribution < -0.4 is 5.73 Å². The zero-order valence-corrected chi connectivity index (χ0v) is 16.1. The number of rotatable bonds is 4. The Balaban J connectivity index is 1.44. The number of hydrogen-bond donors (Lipinski definition) is 2. The Morgan fingerprint density at radius 3 is 2.11 bits per heavy atom. The van der Waals surface area contributed by atoms with Crippen molar-refractivity contribution in [3.05, 3.63) is 59.7 Å². The first-order chi connectivity index (χ1) is 13.6. The van der Waals surface area contributed by atoms with Gasteiger partial charge in [-0.3, -0.25) is 4.79 Å². The average molecular weight is 373 g/mol. The molecule has 0 aromatic heterocycles. The summed E-state index contributed by atoms with van der Waals surface area (Å²) in [5.41, 5.74) is 9.54. The standard InChI is InChI=1S/C25H27NO2/c26-24(28)8-3-15-1-4-18(5-2-15)19-6-7-23(27)22(14-19)25-20-10-16-9-17(12-20)13-21(25)11-16/h1-8,14,16-17,20-21,25,27H,9-13H2,(H2,26,28)/b8-3+. The molecule has 3 N–H and O–H groups in total. The molecule has 0 aliphatic heterocycles. The number of phenolic OH excluding ortho intramolecular Hbond substituents is 1. The molecule has 3 nitrogen and oxygen atoms in total. The van der Waals surface area contributed by atoms with Crippen molar-refractivity contribution in [3.63, 3.8) is 0 Å². The Morgan fingerprint density at radius 2 is 1.50 bits per heavy atom. The van der Waals surface area contributed by atoms with Gasteiger partial charge in [-0.25, -0.2) is 0 Å². The van der Waals surface area contributed by atoms with Gasteiger partial charge in [-0.15, -0.1) is 0 Å². The summed E-state index contributed by atoms with van der Waals surface area (Å²) in [5.74, 6) is 3.91. The number of phenols is 1. The van der Waals surface area contributed by atoms with Crippen molar-refractivity contribution < 1.29 is 9.90 Å². The molecule has 28 heavy (non-hydrogen) atoms. The third kappa shape index (κ3) is 3.13. The molecule has 4 aliphatic rings. The van der Waals surface area contributed by atoms with E-state index in [0.717, 1.165) is 45.9 Å². The molecule has 0 radical (unpaired) electrons. The van der Waals surface area contributed by atoms with Gasteiger partial charge in [0.2, 0.25) is 5.91 Å². The van der Waals surface area contributed by atoms with Crippen LogP contribution in [-0.4, -0.2) is 11.0 Å². The molecule has 0 unspecified atom stereocenters. The second kappa shape index (κ2) is 6.80. The molecule has 0 saturated heterocycles. The predicted octanol–water partition coefficient (Wildman–Crippen LogP) is 5.10. The van der Waals surface area contributed by atoms with Crippen molar-refractivity contribution in [2.45, 2.75) is 38.0 Å². The van der Waals surface area contributed by atoms with Crippen LogP contribution in [0.4, 0.5) is 0 Å². The van der Waals surface area contributed by atoms with Crippen LogP contribution in [0, 0.1) is 23.7 Å². The quantitative estimate of drug-likeness (QED) is 0.733. The van der Waals surface area contributed by atoms with Gasteiger partial charge in [-0.2, -0.15) is 0 Å². The largest absolute Gasteiger partial charge is 0.508 e. The van der Waals surface area contributed by atoms with Gasteiger partial charge in [0.1, 0.15) is 5.75 Å². The Kier molecular flexibility index (Phi) is 4.26. The number of nitrogens with two attached hydrogens (primary N) is 1. The Morgan fingerprint density at radius 1 is 0.893 bits per heavy atom. The summed E-state index contributed by atoms with van der Waals surface area (Å²) < 4.78 is 0. The van der Waals surface area contributed by atoms with Crippen LogP contribution in [0.2, 0.25) is 0 Å². The number of carbonyl (C=O) groups excluding carboxylic acids is 1. The highest BCUT2D eigenvalue weighted by molar-refractivity contribution is 5.90. The van der Waals surface area contributed by atoms with Crippen molar-refractivity contribution in [2.75, 3.05) is 0 Å².